The fourth-order valence-corrected chi connectivity index (χ4v) is 6.52. The predicted molar refractivity (Wildman–Crippen MR) is 136 cm³/mol. The number of aryl methyl sites for hydroxylation is 1. The molecule has 8 heteroatoms. The number of likely N-dealkylation sites (N-methyl/N-ethyl adjacent to an activating group) is 1. The summed E-state index contributed by atoms with van der Waals surface area (Å²) in [6.07, 6.45) is 2.53. The number of carbonyl (C=O) groups excluding carboxylic acids is 1. The second-order valence-electron chi connectivity index (χ2n) is 10.1. The number of benzene rings is 2. The molecule has 1 heterocycles. The summed E-state index contributed by atoms with van der Waals surface area (Å²) >= 11 is 0. The standard InChI is InChI=1S/C27H36N2O5S/c1-18-8-10-21(11-9-18)23-12-13-26-24(14-23)34-25(16-28(4)27(31)22-6-5-7-22)19(2)15-29(20(3)17-30)35(26,32)33/h8-14,19-20,22,25,30H,5-7,15-17H2,1-4H3/t19-,20-,25+/m0/s1. The van der Waals surface area contributed by atoms with Crippen LogP contribution in [0, 0.1) is 18.8 Å². The van der Waals surface area contributed by atoms with Crippen LogP contribution in [0.4, 0.5) is 0 Å². The summed E-state index contributed by atoms with van der Waals surface area (Å²) < 4.78 is 35.1. The maximum Gasteiger partial charge on any atom is 0.247 e. The molecule has 35 heavy (non-hydrogen) atoms. The number of nitrogens with zero attached hydrogens (tertiary/aromatic N) is 2. The molecular formula is C27H36N2O5S. The van der Waals surface area contributed by atoms with Crippen molar-refractivity contribution in [2.75, 3.05) is 26.7 Å². The zero-order chi connectivity index (χ0) is 25.3. The third-order valence-electron chi connectivity index (χ3n) is 7.34. The highest BCUT2D eigenvalue weighted by Crippen LogP contribution is 2.37. The monoisotopic (exact) mass is 500 g/mol. The summed E-state index contributed by atoms with van der Waals surface area (Å²) in [6.45, 7) is 5.94. The first-order chi connectivity index (χ1) is 16.6. The second-order valence-corrected chi connectivity index (χ2v) is 12.0. The number of ether oxygens (including phenoxy) is 1. The molecule has 1 saturated carbocycles. The molecule has 0 saturated heterocycles. The van der Waals surface area contributed by atoms with Gasteiger partial charge in [-0.3, -0.25) is 4.79 Å². The lowest BCUT2D eigenvalue weighted by molar-refractivity contribution is -0.138. The van der Waals surface area contributed by atoms with Gasteiger partial charge in [-0.05, 0) is 49.9 Å². The van der Waals surface area contributed by atoms with E-state index in [0.717, 1.165) is 36.0 Å². The Labute approximate surface area is 208 Å². The Morgan fingerprint density at radius 2 is 1.83 bits per heavy atom. The van der Waals surface area contributed by atoms with Crippen LogP contribution in [0.1, 0.15) is 38.7 Å². The first-order valence-corrected chi connectivity index (χ1v) is 13.8. The van der Waals surface area contributed by atoms with Crippen LogP contribution in [0.2, 0.25) is 0 Å². The van der Waals surface area contributed by atoms with E-state index in [-0.39, 0.29) is 41.5 Å². The van der Waals surface area contributed by atoms with Crippen LogP contribution < -0.4 is 4.74 Å². The minimum absolute atomic E-state index is 0.0792. The molecule has 2 aromatic carbocycles. The average molecular weight is 501 g/mol. The van der Waals surface area contributed by atoms with Gasteiger partial charge in [0.05, 0.1) is 13.2 Å². The second kappa shape index (κ2) is 10.3. The SMILES string of the molecule is Cc1ccc(-c2ccc3c(c2)O[C@H](CN(C)C(=O)C2CCC2)[C@@H](C)CN([C@@H](C)CO)S3(=O)=O)cc1. The number of hydrogen-bond acceptors (Lipinski definition) is 5. The molecule has 0 bridgehead atoms. The highest BCUT2D eigenvalue weighted by Gasteiger charge is 2.39. The first kappa shape index (κ1) is 25.7. The van der Waals surface area contributed by atoms with Crippen molar-refractivity contribution < 1.29 is 23.1 Å². The van der Waals surface area contributed by atoms with Gasteiger partial charge in [0.2, 0.25) is 15.9 Å². The van der Waals surface area contributed by atoms with E-state index in [2.05, 4.69) is 0 Å². The van der Waals surface area contributed by atoms with E-state index in [4.69, 9.17) is 4.74 Å². The number of carbonyl (C=O) groups is 1. The molecule has 1 fully saturated rings. The number of rotatable bonds is 6. The first-order valence-electron chi connectivity index (χ1n) is 12.4. The number of aliphatic hydroxyl groups is 1. The van der Waals surface area contributed by atoms with Gasteiger partial charge in [-0.25, -0.2) is 8.42 Å². The van der Waals surface area contributed by atoms with Crippen LogP contribution in [-0.4, -0.2) is 67.5 Å². The minimum Gasteiger partial charge on any atom is -0.487 e. The Kier molecular flexibility index (Phi) is 7.54. The molecule has 0 spiro atoms. The Bertz CT molecular complexity index is 1160. The van der Waals surface area contributed by atoms with Gasteiger partial charge in [0.15, 0.2) is 0 Å². The van der Waals surface area contributed by atoms with Gasteiger partial charge in [-0.2, -0.15) is 4.31 Å². The minimum atomic E-state index is -3.90. The Hall–Kier alpha value is -2.42. The molecule has 1 N–H and O–H groups in total. The van der Waals surface area contributed by atoms with E-state index in [1.165, 1.54) is 4.31 Å². The van der Waals surface area contributed by atoms with Crippen molar-refractivity contribution >= 4 is 15.9 Å². The lowest BCUT2D eigenvalue weighted by atomic mass is 9.84. The van der Waals surface area contributed by atoms with Crippen LogP contribution in [-0.2, 0) is 14.8 Å². The Balaban J connectivity index is 1.74. The zero-order valence-electron chi connectivity index (χ0n) is 21.0. The molecule has 2 aromatic rings. The smallest absolute Gasteiger partial charge is 0.247 e. The van der Waals surface area contributed by atoms with Crippen molar-refractivity contribution in [3.05, 3.63) is 48.0 Å². The molecule has 1 aliphatic heterocycles. The molecule has 7 nitrogen and oxygen atoms in total. The summed E-state index contributed by atoms with van der Waals surface area (Å²) in [7, 11) is -2.11. The number of amides is 1. The maximum absolute atomic E-state index is 13.7. The molecule has 2 aliphatic rings. The molecule has 1 aliphatic carbocycles. The van der Waals surface area contributed by atoms with Gasteiger partial charge in [0.25, 0.3) is 0 Å². The van der Waals surface area contributed by atoms with E-state index in [9.17, 15) is 18.3 Å². The van der Waals surface area contributed by atoms with Crippen molar-refractivity contribution in [3.8, 4) is 16.9 Å². The van der Waals surface area contributed by atoms with Crippen LogP contribution in [0.3, 0.4) is 0 Å². The highest BCUT2D eigenvalue weighted by atomic mass is 32.2. The topological polar surface area (TPSA) is 87.2 Å². The van der Waals surface area contributed by atoms with Crippen LogP contribution >= 0.6 is 0 Å². The number of fused-ring (bicyclic) bond motifs is 1. The highest BCUT2D eigenvalue weighted by molar-refractivity contribution is 7.89. The molecule has 1 amide bonds. The molecule has 0 unspecified atom stereocenters. The van der Waals surface area contributed by atoms with Crippen LogP contribution in [0.15, 0.2) is 47.4 Å². The van der Waals surface area contributed by atoms with E-state index in [0.29, 0.717) is 6.54 Å². The quantitative estimate of drug-likeness (QED) is 0.654. The Morgan fingerprint density at radius 3 is 2.43 bits per heavy atom. The summed E-state index contributed by atoms with van der Waals surface area (Å²) in [5, 5.41) is 9.82. The lowest BCUT2D eigenvalue weighted by Gasteiger charge is -2.38. The fourth-order valence-electron chi connectivity index (χ4n) is 4.70. The summed E-state index contributed by atoms with van der Waals surface area (Å²) in [5.41, 5.74) is 2.95. The van der Waals surface area contributed by atoms with Crippen molar-refractivity contribution in [1.29, 1.82) is 0 Å². The third kappa shape index (κ3) is 5.25. The van der Waals surface area contributed by atoms with Gasteiger partial charge in [0.1, 0.15) is 16.7 Å². The molecule has 190 valence electrons. The maximum atomic E-state index is 13.7. The van der Waals surface area contributed by atoms with Gasteiger partial charge in [-0.15, -0.1) is 0 Å². The number of hydrogen-bond donors (Lipinski definition) is 1. The molecule has 0 radical (unpaired) electrons. The van der Waals surface area contributed by atoms with Crippen molar-refractivity contribution in [3.63, 3.8) is 0 Å². The van der Waals surface area contributed by atoms with Gasteiger partial charge < -0.3 is 14.7 Å². The van der Waals surface area contributed by atoms with Crippen molar-refractivity contribution in [2.24, 2.45) is 11.8 Å². The van der Waals surface area contributed by atoms with E-state index < -0.39 is 22.2 Å². The van der Waals surface area contributed by atoms with Crippen LogP contribution in [0.5, 0.6) is 5.75 Å². The average Bonchev–Trinajstić information content (AvgIpc) is 2.79. The normalized spacial score (nSPS) is 23.2. The molecule has 4 rings (SSSR count). The number of aliphatic hydroxyl groups excluding tert-OH is 1. The summed E-state index contributed by atoms with van der Waals surface area (Å²) in [5.74, 6) is 0.275. The van der Waals surface area contributed by atoms with E-state index >= 15 is 0 Å². The van der Waals surface area contributed by atoms with Gasteiger partial charge in [-0.1, -0.05) is 49.2 Å². The molecular weight excluding hydrogens is 464 g/mol. The van der Waals surface area contributed by atoms with Gasteiger partial charge in [0, 0.05) is 31.5 Å². The van der Waals surface area contributed by atoms with Crippen molar-refractivity contribution in [1.82, 2.24) is 9.21 Å². The van der Waals surface area contributed by atoms with Crippen LogP contribution in [0.25, 0.3) is 11.1 Å². The number of sulfonamides is 1. The lowest BCUT2D eigenvalue weighted by Crippen LogP contribution is -2.50. The van der Waals surface area contributed by atoms with Gasteiger partial charge >= 0.3 is 0 Å². The van der Waals surface area contributed by atoms with E-state index in [1.54, 1.807) is 37.1 Å². The summed E-state index contributed by atoms with van der Waals surface area (Å²) in [6, 6.07) is 12.6. The van der Waals surface area contributed by atoms with Crippen molar-refractivity contribution in [2.45, 2.75) is 57.1 Å². The van der Waals surface area contributed by atoms with E-state index in [1.807, 2.05) is 38.1 Å². The Morgan fingerprint density at radius 1 is 1.17 bits per heavy atom. The zero-order valence-corrected chi connectivity index (χ0v) is 21.8. The predicted octanol–water partition coefficient (Wildman–Crippen LogP) is 3.69. The molecule has 3 atom stereocenters. The largest absolute Gasteiger partial charge is 0.487 e. The fraction of sp³-hybridized carbons (Fsp3) is 0.519. The third-order valence-corrected chi connectivity index (χ3v) is 9.36. The molecule has 0 aromatic heterocycles. The summed E-state index contributed by atoms with van der Waals surface area (Å²) in [4.78, 5) is 14.6.